The van der Waals surface area contributed by atoms with Crippen LogP contribution in [0.15, 0.2) is 18.3 Å². The molecule has 0 saturated carbocycles. The van der Waals surface area contributed by atoms with Gasteiger partial charge in [0.15, 0.2) is 0 Å². The van der Waals surface area contributed by atoms with E-state index in [1.807, 2.05) is 6.07 Å². The average Bonchev–Trinajstić information content (AvgIpc) is 2.78. The molecule has 17 heavy (non-hydrogen) atoms. The van der Waals surface area contributed by atoms with Crippen LogP contribution in [0.2, 0.25) is 0 Å². The van der Waals surface area contributed by atoms with E-state index in [-0.39, 0.29) is 6.04 Å². The molecule has 1 aliphatic heterocycles. The Hall–Kier alpha value is -1.13. The van der Waals surface area contributed by atoms with Crippen LogP contribution in [-0.2, 0) is 6.54 Å². The molecule has 4 heteroatoms. The number of aromatic nitrogens is 1. The van der Waals surface area contributed by atoms with Gasteiger partial charge in [-0.15, -0.1) is 0 Å². The fourth-order valence-corrected chi connectivity index (χ4v) is 2.40. The molecule has 0 spiro atoms. The number of nitrogens with two attached hydrogens (primary N) is 1. The molecule has 2 atom stereocenters. The Morgan fingerprint density at radius 2 is 2.47 bits per heavy atom. The van der Waals surface area contributed by atoms with Crippen LogP contribution in [0.5, 0.6) is 5.88 Å². The quantitative estimate of drug-likeness (QED) is 0.853. The van der Waals surface area contributed by atoms with Crippen molar-refractivity contribution in [2.24, 2.45) is 11.7 Å². The summed E-state index contributed by atoms with van der Waals surface area (Å²) in [6, 6.07) is 4.32. The first-order chi connectivity index (χ1) is 8.20. The minimum absolute atomic E-state index is 0.288. The molecular formula is C13H21N3O. The Kier molecular flexibility index (Phi) is 3.97. The molecule has 1 fully saturated rings. The van der Waals surface area contributed by atoms with Gasteiger partial charge in [0.2, 0.25) is 5.88 Å². The van der Waals surface area contributed by atoms with E-state index in [0.29, 0.717) is 5.92 Å². The minimum atomic E-state index is 0.288. The zero-order valence-electron chi connectivity index (χ0n) is 10.6. The smallest absolute Gasteiger partial charge is 0.217 e. The molecule has 0 amide bonds. The van der Waals surface area contributed by atoms with Gasteiger partial charge in [0.1, 0.15) is 0 Å². The van der Waals surface area contributed by atoms with Crippen molar-refractivity contribution in [2.75, 3.05) is 20.2 Å². The SMILES string of the molecule is COc1ncccc1CN1CCC(C(C)N)C1. The standard InChI is InChI=1S/C13H21N3O/c1-10(14)11-5-7-16(8-11)9-12-4-3-6-15-13(12)17-2/h3-4,6,10-11H,5,7-9,14H2,1-2H3. The van der Waals surface area contributed by atoms with Crippen molar-refractivity contribution in [3.05, 3.63) is 23.9 Å². The van der Waals surface area contributed by atoms with Crippen LogP contribution >= 0.6 is 0 Å². The van der Waals surface area contributed by atoms with Gasteiger partial charge in [-0.05, 0) is 31.9 Å². The summed E-state index contributed by atoms with van der Waals surface area (Å²) in [5, 5.41) is 0. The first-order valence-corrected chi connectivity index (χ1v) is 6.16. The Labute approximate surface area is 103 Å². The lowest BCUT2D eigenvalue weighted by Crippen LogP contribution is -2.29. The molecule has 1 aromatic rings. The number of likely N-dealkylation sites (tertiary alicyclic amines) is 1. The van der Waals surface area contributed by atoms with Gasteiger partial charge in [0.25, 0.3) is 0 Å². The van der Waals surface area contributed by atoms with Crippen LogP contribution in [-0.4, -0.2) is 36.1 Å². The van der Waals surface area contributed by atoms with Gasteiger partial charge >= 0.3 is 0 Å². The van der Waals surface area contributed by atoms with Gasteiger partial charge in [-0.3, -0.25) is 4.90 Å². The number of hydrogen-bond acceptors (Lipinski definition) is 4. The second-order valence-electron chi connectivity index (χ2n) is 4.81. The molecule has 2 heterocycles. The Morgan fingerprint density at radius 1 is 1.65 bits per heavy atom. The summed E-state index contributed by atoms with van der Waals surface area (Å²) in [5.74, 6) is 1.36. The van der Waals surface area contributed by atoms with E-state index in [1.165, 1.54) is 6.42 Å². The third kappa shape index (κ3) is 2.96. The van der Waals surface area contributed by atoms with E-state index in [4.69, 9.17) is 10.5 Å². The summed E-state index contributed by atoms with van der Waals surface area (Å²) in [4.78, 5) is 6.64. The third-order valence-electron chi connectivity index (χ3n) is 3.49. The lowest BCUT2D eigenvalue weighted by molar-refractivity contribution is 0.299. The number of rotatable bonds is 4. The van der Waals surface area contributed by atoms with Gasteiger partial charge in [-0.2, -0.15) is 0 Å². The molecule has 1 saturated heterocycles. The van der Waals surface area contributed by atoms with E-state index < -0.39 is 0 Å². The number of nitrogens with zero attached hydrogens (tertiary/aromatic N) is 2. The van der Waals surface area contributed by atoms with Crippen LogP contribution in [0.1, 0.15) is 18.9 Å². The fraction of sp³-hybridized carbons (Fsp3) is 0.615. The molecule has 2 rings (SSSR count). The second-order valence-corrected chi connectivity index (χ2v) is 4.81. The molecule has 4 nitrogen and oxygen atoms in total. The number of ether oxygens (including phenoxy) is 1. The first kappa shape index (κ1) is 12.3. The fourth-order valence-electron chi connectivity index (χ4n) is 2.40. The molecule has 2 unspecified atom stereocenters. The lowest BCUT2D eigenvalue weighted by Gasteiger charge is -2.18. The highest BCUT2D eigenvalue weighted by molar-refractivity contribution is 5.25. The summed E-state index contributed by atoms with van der Waals surface area (Å²) >= 11 is 0. The van der Waals surface area contributed by atoms with E-state index >= 15 is 0 Å². The molecule has 1 aromatic heterocycles. The number of pyridine rings is 1. The average molecular weight is 235 g/mol. The monoisotopic (exact) mass is 235 g/mol. The summed E-state index contributed by atoms with van der Waals surface area (Å²) in [7, 11) is 1.67. The van der Waals surface area contributed by atoms with Gasteiger partial charge in [-0.25, -0.2) is 4.98 Å². The minimum Gasteiger partial charge on any atom is -0.481 e. The Balaban J connectivity index is 1.98. The normalized spacial score (nSPS) is 22.6. The molecule has 0 bridgehead atoms. The Bertz CT molecular complexity index is 367. The van der Waals surface area contributed by atoms with Crippen molar-refractivity contribution in [1.29, 1.82) is 0 Å². The zero-order chi connectivity index (χ0) is 12.3. The number of hydrogen-bond donors (Lipinski definition) is 1. The van der Waals surface area contributed by atoms with Crippen molar-refractivity contribution in [2.45, 2.75) is 25.9 Å². The maximum atomic E-state index is 5.95. The zero-order valence-corrected chi connectivity index (χ0v) is 10.6. The summed E-state index contributed by atoms with van der Waals surface area (Å²) in [5.41, 5.74) is 7.10. The molecule has 0 radical (unpaired) electrons. The van der Waals surface area contributed by atoms with Crippen molar-refractivity contribution < 1.29 is 4.74 Å². The Morgan fingerprint density at radius 3 is 3.12 bits per heavy atom. The van der Waals surface area contributed by atoms with Crippen molar-refractivity contribution in [3.63, 3.8) is 0 Å². The molecular weight excluding hydrogens is 214 g/mol. The predicted molar refractivity (Wildman–Crippen MR) is 67.8 cm³/mol. The van der Waals surface area contributed by atoms with E-state index in [1.54, 1.807) is 13.3 Å². The topological polar surface area (TPSA) is 51.4 Å². The lowest BCUT2D eigenvalue weighted by atomic mass is 10.0. The van der Waals surface area contributed by atoms with Crippen LogP contribution in [0, 0.1) is 5.92 Å². The number of methoxy groups -OCH3 is 1. The molecule has 94 valence electrons. The summed E-state index contributed by atoms with van der Waals surface area (Å²) < 4.78 is 5.27. The highest BCUT2D eigenvalue weighted by Gasteiger charge is 2.25. The van der Waals surface area contributed by atoms with Crippen LogP contribution in [0.4, 0.5) is 0 Å². The van der Waals surface area contributed by atoms with Crippen LogP contribution in [0.25, 0.3) is 0 Å². The van der Waals surface area contributed by atoms with E-state index in [0.717, 1.165) is 31.1 Å². The van der Waals surface area contributed by atoms with Gasteiger partial charge in [-0.1, -0.05) is 6.07 Å². The van der Waals surface area contributed by atoms with E-state index in [9.17, 15) is 0 Å². The van der Waals surface area contributed by atoms with Crippen LogP contribution < -0.4 is 10.5 Å². The van der Waals surface area contributed by atoms with Crippen molar-refractivity contribution >= 4 is 0 Å². The van der Waals surface area contributed by atoms with Gasteiger partial charge in [0, 0.05) is 30.9 Å². The molecule has 0 aromatic carbocycles. The highest BCUT2D eigenvalue weighted by atomic mass is 16.5. The summed E-state index contributed by atoms with van der Waals surface area (Å²) in [6.45, 7) is 5.19. The first-order valence-electron chi connectivity index (χ1n) is 6.16. The summed E-state index contributed by atoms with van der Waals surface area (Å²) in [6.07, 6.45) is 2.96. The maximum Gasteiger partial charge on any atom is 0.217 e. The molecule has 1 aliphatic rings. The predicted octanol–water partition coefficient (Wildman–Crippen LogP) is 1.26. The van der Waals surface area contributed by atoms with Gasteiger partial charge < -0.3 is 10.5 Å². The largest absolute Gasteiger partial charge is 0.481 e. The maximum absolute atomic E-state index is 5.95. The molecule has 2 N–H and O–H groups in total. The van der Waals surface area contributed by atoms with E-state index in [2.05, 4.69) is 22.9 Å². The van der Waals surface area contributed by atoms with Crippen molar-refractivity contribution in [3.8, 4) is 5.88 Å². The second kappa shape index (κ2) is 5.47. The van der Waals surface area contributed by atoms with Gasteiger partial charge in [0.05, 0.1) is 7.11 Å². The highest BCUT2D eigenvalue weighted by Crippen LogP contribution is 2.23. The molecule has 0 aliphatic carbocycles. The third-order valence-corrected chi connectivity index (χ3v) is 3.49. The van der Waals surface area contributed by atoms with Crippen molar-refractivity contribution in [1.82, 2.24) is 9.88 Å². The van der Waals surface area contributed by atoms with Crippen LogP contribution in [0.3, 0.4) is 0 Å².